The zero-order valence-electron chi connectivity index (χ0n) is 7.67. The standard InChI is InChI=1S/C9H18FNO/c1-8-3-5-11(4-2-6-12)7-9(8)10/h8-9,12H,2-7H2,1H3. The summed E-state index contributed by atoms with van der Waals surface area (Å²) in [6.07, 6.45) is 1.05. The molecule has 72 valence electrons. The van der Waals surface area contributed by atoms with Gasteiger partial charge >= 0.3 is 0 Å². The van der Waals surface area contributed by atoms with Crippen LogP contribution in [-0.4, -0.2) is 42.4 Å². The van der Waals surface area contributed by atoms with Crippen molar-refractivity contribution in [1.29, 1.82) is 0 Å². The number of hydrogen-bond acceptors (Lipinski definition) is 2. The number of nitrogens with zero attached hydrogens (tertiary/aromatic N) is 1. The molecular formula is C9H18FNO. The van der Waals surface area contributed by atoms with Crippen LogP contribution in [0.15, 0.2) is 0 Å². The molecule has 1 saturated heterocycles. The van der Waals surface area contributed by atoms with Gasteiger partial charge in [0.2, 0.25) is 0 Å². The molecule has 2 unspecified atom stereocenters. The molecule has 1 heterocycles. The van der Waals surface area contributed by atoms with Crippen molar-refractivity contribution in [2.24, 2.45) is 5.92 Å². The van der Waals surface area contributed by atoms with Gasteiger partial charge in [0.25, 0.3) is 0 Å². The fourth-order valence-corrected chi connectivity index (χ4v) is 1.58. The summed E-state index contributed by atoms with van der Waals surface area (Å²) in [6, 6.07) is 0. The predicted molar refractivity (Wildman–Crippen MR) is 46.8 cm³/mol. The Kier molecular flexibility index (Phi) is 3.95. The van der Waals surface area contributed by atoms with Crippen molar-refractivity contribution in [2.45, 2.75) is 25.9 Å². The second-order valence-electron chi connectivity index (χ2n) is 3.66. The molecule has 0 aliphatic carbocycles. The fourth-order valence-electron chi connectivity index (χ4n) is 1.58. The van der Waals surface area contributed by atoms with Crippen molar-refractivity contribution in [1.82, 2.24) is 4.90 Å². The van der Waals surface area contributed by atoms with Gasteiger partial charge in [0.1, 0.15) is 6.17 Å². The fraction of sp³-hybridized carbons (Fsp3) is 1.00. The average Bonchev–Trinajstić information content (AvgIpc) is 2.07. The highest BCUT2D eigenvalue weighted by molar-refractivity contribution is 4.77. The van der Waals surface area contributed by atoms with E-state index in [4.69, 9.17) is 5.11 Å². The Morgan fingerprint density at radius 3 is 2.92 bits per heavy atom. The second-order valence-corrected chi connectivity index (χ2v) is 3.66. The normalized spacial score (nSPS) is 32.2. The van der Waals surface area contributed by atoms with Crippen LogP contribution in [0.2, 0.25) is 0 Å². The molecule has 0 saturated carbocycles. The maximum Gasteiger partial charge on any atom is 0.115 e. The van der Waals surface area contributed by atoms with E-state index in [0.29, 0.717) is 6.54 Å². The van der Waals surface area contributed by atoms with Gasteiger partial charge in [-0.3, -0.25) is 0 Å². The molecule has 0 aromatic rings. The third-order valence-electron chi connectivity index (χ3n) is 2.58. The average molecular weight is 175 g/mol. The Morgan fingerprint density at radius 2 is 2.33 bits per heavy atom. The first-order chi connectivity index (χ1) is 5.74. The minimum absolute atomic E-state index is 0.211. The molecule has 1 aliphatic rings. The quantitative estimate of drug-likeness (QED) is 0.693. The molecule has 0 bridgehead atoms. The Balaban J connectivity index is 2.21. The van der Waals surface area contributed by atoms with Crippen molar-refractivity contribution < 1.29 is 9.50 Å². The highest BCUT2D eigenvalue weighted by Gasteiger charge is 2.24. The Labute approximate surface area is 73.4 Å². The summed E-state index contributed by atoms with van der Waals surface area (Å²) in [4.78, 5) is 2.10. The molecule has 2 atom stereocenters. The molecule has 1 aliphatic heterocycles. The van der Waals surface area contributed by atoms with Gasteiger partial charge in [-0.25, -0.2) is 4.39 Å². The number of aliphatic hydroxyl groups is 1. The van der Waals surface area contributed by atoms with Crippen molar-refractivity contribution >= 4 is 0 Å². The first-order valence-electron chi connectivity index (χ1n) is 4.71. The highest BCUT2D eigenvalue weighted by atomic mass is 19.1. The summed E-state index contributed by atoms with van der Waals surface area (Å²) in [7, 11) is 0. The summed E-state index contributed by atoms with van der Waals surface area (Å²) >= 11 is 0. The van der Waals surface area contributed by atoms with Gasteiger partial charge in [0.05, 0.1) is 0 Å². The molecule has 1 N–H and O–H groups in total. The number of likely N-dealkylation sites (tertiary alicyclic amines) is 1. The van der Waals surface area contributed by atoms with Crippen LogP contribution < -0.4 is 0 Å². The molecule has 0 aromatic carbocycles. The number of aliphatic hydroxyl groups excluding tert-OH is 1. The Bertz CT molecular complexity index is 130. The number of piperidine rings is 1. The molecule has 1 rings (SSSR count). The maximum absolute atomic E-state index is 13.2. The molecule has 3 heteroatoms. The number of rotatable bonds is 3. The smallest absolute Gasteiger partial charge is 0.115 e. The van der Waals surface area contributed by atoms with E-state index in [9.17, 15) is 4.39 Å². The van der Waals surface area contributed by atoms with Crippen molar-refractivity contribution in [3.63, 3.8) is 0 Å². The molecule has 1 fully saturated rings. The van der Waals surface area contributed by atoms with E-state index in [1.165, 1.54) is 0 Å². The Hall–Kier alpha value is -0.150. The van der Waals surface area contributed by atoms with E-state index >= 15 is 0 Å². The van der Waals surface area contributed by atoms with Crippen molar-refractivity contribution in [3.8, 4) is 0 Å². The number of alkyl halides is 1. The molecule has 0 aromatic heterocycles. The van der Waals surface area contributed by atoms with E-state index in [2.05, 4.69) is 4.90 Å². The lowest BCUT2D eigenvalue weighted by atomic mass is 9.97. The molecule has 0 amide bonds. The second kappa shape index (κ2) is 4.77. The first kappa shape index (κ1) is 9.93. The summed E-state index contributed by atoms with van der Waals surface area (Å²) in [5.41, 5.74) is 0. The summed E-state index contributed by atoms with van der Waals surface area (Å²) < 4.78 is 13.2. The van der Waals surface area contributed by atoms with Gasteiger partial charge in [-0.1, -0.05) is 6.92 Å². The van der Waals surface area contributed by atoms with Gasteiger partial charge in [-0.05, 0) is 25.3 Å². The zero-order valence-corrected chi connectivity index (χ0v) is 7.67. The van der Waals surface area contributed by atoms with Crippen LogP contribution in [0.4, 0.5) is 4.39 Å². The van der Waals surface area contributed by atoms with Crippen LogP contribution in [-0.2, 0) is 0 Å². The summed E-state index contributed by atoms with van der Waals surface area (Å²) in [5.74, 6) is 0.218. The third-order valence-corrected chi connectivity index (χ3v) is 2.58. The lowest BCUT2D eigenvalue weighted by molar-refractivity contribution is 0.0882. The summed E-state index contributed by atoms with van der Waals surface area (Å²) in [5, 5.41) is 8.59. The van der Waals surface area contributed by atoms with E-state index in [-0.39, 0.29) is 12.5 Å². The van der Waals surface area contributed by atoms with Crippen LogP contribution in [0.3, 0.4) is 0 Å². The lowest BCUT2D eigenvalue weighted by Gasteiger charge is -2.32. The van der Waals surface area contributed by atoms with Crippen molar-refractivity contribution in [2.75, 3.05) is 26.2 Å². The molecule has 12 heavy (non-hydrogen) atoms. The monoisotopic (exact) mass is 175 g/mol. The maximum atomic E-state index is 13.2. The molecule has 0 radical (unpaired) electrons. The number of hydrogen-bond donors (Lipinski definition) is 1. The van der Waals surface area contributed by atoms with Gasteiger partial charge in [-0.2, -0.15) is 0 Å². The van der Waals surface area contributed by atoms with Crippen LogP contribution in [0.1, 0.15) is 19.8 Å². The van der Waals surface area contributed by atoms with Crippen LogP contribution >= 0.6 is 0 Å². The molecule has 2 nitrogen and oxygen atoms in total. The number of halogens is 1. The van der Waals surface area contributed by atoms with Crippen LogP contribution in [0.5, 0.6) is 0 Å². The van der Waals surface area contributed by atoms with Gasteiger partial charge in [0, 0.05) is 19.7 Å². The molecule has 0 spiro atoms. The lowest BCUT2D eigenvalue weighted by Crippen LogP contribution is -2.41. The zero-order chi connectivity index (χ0) is 8.97. The SMILES string of the molecule is CC1CCN(CCCO)CC1F. The van der Waals surface area contributed by atoms with Gasteiger partial charge < -0.3 is 10.0 Å². The Morgan fingerprint density at radius 1 is 1.58 bits per heavy atom. The van der Waals surface area contributed by atoms with E-state index < -0.39 is 6.17 Å². The van der Waals surface area contributed by atoms with Gasteiger partial charge in [-0.15, -0.1) is 0 Å². The first-order valence-corrected chi connectivity index (χ1v) is 4.71. The highest BCUT2D eigenvalue weighted by Crippen LogP contribution is 2.19. The van der Waals surface area contributed by atoms with Crippen LogP contribution in [0.25, 0.3) is 0 Å². The minimum atomic E-state index is -0.669. The van der Waals surface area contributed by atoms with E-state index in [1.54, 1.807) is 0 Å². The van der Waals surface area contributed by atoms with Crippen LogP contribution in [0, 0.1) is 5.92 Å². The summed E-state index contributed by atoms with van der Waals surface area (Å²) in [6.45, 7) is 4.56. The minimum Gasteiger partial charge on any atom is -0.396 e. The van der Waals surface area contributed by atoms with E-state index in [0.717, 1.165) is 25.9 Å². The van der Waals surface area contributed by atoms with E-state index in [1.807, 2.05) is 6.92 Å². The largest absolute Gasteiger partial charge is 0.396 e. The predicted octanol–water partition coefficient (Wildman–Crippen LogP) is 1.05. The molecular weight excluding hydrogens is 157 g/mol. The third kappa shape index (κ3) is 2.72. The van der Waals surface area contributed by atoms with Gasteiger partial charge in [0.15, 0.2) is 0 Å². The van der Waals surface area contributed by atoms with Crippen molar-refractivity contribution in [3.05, 3.63) is 0 Å². The topological polar surface area (TPSA) is 23.5 Å².